The summed E-state index contributed by atoms with van der Waals surface area (Å²) in [6.07, 6.45) is 2.15. The Hall–Kier alpha value is -1.03. The van der Waals surface area contributed by atoms with Gasteiger partial charge in [-0.3, -0.25) is 16.0 Å². The van der Waals surface area contributed by atoms with E-state index in [0.717, 1.165) is 25.0 Å². The van der Waals surface area contributed by atoms with Crippen LogP contribution < -0.4 is 16.0 Å². The predicted octanol–water partition coefficient (Wildman–Crippen LogP) is -1.54. The fraction of sp³-hybridized carbons (Fsp3) is 0.727. The van der Waals surface area contributed by atoms with E-state index in [2.05, 4.69) is 17.2 Å². The summed E-state index contributed by atoms with van der Waals surface area (Å²) in [6.45, 7) is 5.27. The lowest BCUT2D eigenvalue weighted by atomic mass is 9.85. The van der Waals surface area contributed by atoms with Crippen molar-refractivity contribution < 1.29 is 10.1 Å². The van der Waals surface area contributed by atoms with Gasteiger partial charge >= 0.3 is 5.96 Å². The van der Waals surface area contributed by atoms with Crippen LogP contribution in [0.25, 0.3) is 0 Å². The molecular formula is C11H20N3O+. The Bertz CT molecular complexity index is 335. The lowest BCUT2D eigenvalue weighted by Gasteiger charge is -2.32. The highest BCUT2D eigenvalue weighted by Crippen LogP contribution is 2.40. The van der Waals surface area contributed by atoms with Crippen LogP contribution in [0, 0.1) is 5.92 Å². The van der Waals surface area contributed by atoms with E-state index in [0.29, 0.717) is 11.9 Å². The zero-order valence-electron chi connectivity index (χ0n) is 9.43. The second-order valence-corrected chi connectivity index (χ2v) is 4.85. The smallest absolute Gasteiger partial charge is 0.341 e. The first-order valence-corrected chi connectivity index (χ1v) is 5.50. The van der Waals surface area contributed by atoms with Crippen LogP contribution in [0.4, 0.5) is 0 Å². The fourth-order valence-electron chi connectivity index (χ4n) is 2.80. The van der Waals surface area contributed by atoms with Gasteiger partial charge in [0.15, 0.2) is 0 Å². The van der Waals surface area contributed by atoms with Gasteiger partial charge < -0.3 is 5.11 Å². The van der Waals surface area contributed by atoms with Crippen molar-refractivity contribution in [2.75, 3.05) is 13.2 Å². The first kappa shape index (κ1) is 10.5. The van der Waals surface area contributed by atoms with Crippen molar-refractivity contribution in [1.82, 2.24) is 5.32 Å². The van der Waals surface area contributed by atoms with Crippen molar-refractivity contribution in [1.29, 1.82) is 0 Å². The van der Waals surface area contributed by atoms with Gasteiger partial charge in [0.25, 0.3) is 0 Å². The van der Waals surface area contributed by atoms with Crippen molar-refractivity contribution in [2.24, 2.45) is 11.7 Å². The second kappa shape index (κ2) is 3.52. The zero-order chi connectivity index (χ0) is 11.1. The quantitative estimate of drug-likeness (QED) is 0.397. The highest BCUT2D eigenvalue weighted by Gasteiger charge is 2.47. The standard InChI is InChI=1S/C11H19N3O/c1-7(6-15)8-3-4-11(2)9(8)5-13-10(12)14-11/h9,15H,3-6H2,1-2H3,(H3,12,13,14)/p+1/b8-7+/t9-,11+/m0/s1. The molecule has 2 atom stereocenters. The number of fused-ring (bicyclic) bond motifs is 1. The first-order valence-electron chi connectivity index (χ1n) is 5.50. The first-order chi connectivity index (χ1) is 7.07. The summed E-state index contributed by atoms with van der Waals surface area (Å²) >= 11 is 0. The predicted molar refractivity (Wildman–Crippen MR) is 59.1 cm³/mol. The lowest BCUT2D eigenvalue weighted by Crippen LogP contribution is -2.86. The molecule has 0 aromatic heterocycles. The van der Waals surface area contributed by atoms with E-state index >= 15 is 0 Å². The summed E-state index contributed by atoms with van der Waals surface area (Å²) in [5.74, 6) is 1.13. The molecule has 2 rings (SSSR count). The molecule has 1 heterocycles. The van der Waals surface area contributed by atoms with E-state index in [-0.39, 0.29) is 12.1 Å². The summed E-state index contributed by atoms with van der Waals surface area (Å²) in [7, 11) is 0. The number of guanidine groups is 1. The van der Waals surface area contributed by atoms with Gasteiger partial charge in [0.2, 0.25) is 0 Å². The van der Waals surface area contributed by atoms with Gasteiger partial charge in [-0.1, -0.05) is 5.57 Å². The summed E-state index contributed by atoms with van der Waals surface area (Å²) in [5, 5.41) is 12.5. The molecule has 0 amide bonds. The molecule has 1 aliphatic carbocycles. The van der Waals surface area contributed by atoms with Crippen molar-refractivity contribution >= 4 is 5.96 Å². The third-order valence-corrected chi connectivity index (χ3v) is 3.81. The number of nitrogens with two attached hydrogens (primary N) is 1. The molecule has 0 bridgehead atoms. The minimum absolute atomic E-state index is 0.0705. The molecular weight excluding hydrogens is 190 g/mol. The molecule has 4 heteroatoms. The SMILES string of the molecule is C/C(CO)=C1/CC[C@@]2(C)NC(N)=[NH+]C[C@@H]12. The van der Waals surface area contributed by atoms with E-state index in [1.54, 1.807) is 0 Å². The highest BCUT2D eigenvalue weighted by atomic mass is 16.3. The molecule has 15 heavy (non-hydrogen) atoms. The Kier molecular flexibility index (Phi) is 2.46. The minimum Gasteiger partial charge on any atom is -0.392 e. The van der Waals surface area contributed by atoms with Gasteiger partial charge in [-0.05, 0) is 32.3 Å². The van der Waals surface area contributed by atoms with Gasteiger partial charge in [-0.25, -0.2) is 0 Å². The highest BCUT2D eigenvalue weighted by molar-refractivity contribution is 5.73. The van der Waals surface area contributed by atoms with E-state index in [1.807, 2.05) is 6.92 Å². The largest absolute Gasteiger partial charge is 0.392 e. The number of hydrogen-bond acceptors (Lipinski definition) is 3. The number of rotatable bonds is 1. The van der Waals surface area contributed by atoms with E-state index < -0.39 is 0 Å². The van der Waals surface area contributed by atoms with Gasteiger partial charge in [0.05, 0.1) is 18.7 Å². The van der Waals surface area contributed by atoms with Gasteiger partial charge in [-0.15, -0.1) is 0 Å². The molecule has 1 fully saturated rings. The van der Waals surface area contributed by atoms with Crippen LogP contribution in [0.5, 0.6) is 0 Å². The fourth-order valence-corrected chi connectivity index (χ4v) is 2.80. The van der Waals surface area contributed by atoms with Crippen LogP contribution in [0.3, 0.4) is 0 Å². The monoisotopic (exact) mass is 210 g/mol. The maximum atomic E-state index is 9.19. The lowest BCUT2D eigenvalue weighted by molar-refractivity contribution is -0.476. The van der Waals surface area contributed by atoms with Gasteiger partial charge in [0, 0.05) is 5.92 Å². The summed E-state index contributed by atoms with van der Waals surface area (Å²) < 4.78 is 0. The molecule has 0 saturated heterocycles. The molecule has 1 aliphatic heterocycles. The normalized spacial score (nSPS) is 38.1. The molecule has 0 aromatic rings. The summed E-state index contributed by atoms with van der Waals surface area (Å²) in [4.78, 5) is 3.16. The molecule has 0 radical (unpaired) electrons. The molecule has 4 nitrogen and oxygen atoms in total. The van der Waals surface area contributed by atoms with Crippen LogP contribution in [0.1, 0.15) is 26.7 Å². The van der Waals surface area contributed by atoms with Crippen LogP contribution in [0.15, 0.2) is 11.1 Å². The van der Waals surface area contributed by atoms with Crippen molar-refractivity contribution in [3.8, 4) is 0 Å². The van der Waals surface area contributed by atoms with Gasteiger partial charge in [-0.2, -0.15) is 0 Å². The van der Waals surface area contributed by atoms with Crippen molar-refractivity contribution in [3.05, 3.63) is 11.1 Å². The molecule has 2 aliphatic rings. The van der Waals surface area contributed by atoms with Crippen LogP contribution in [0.2, 0.25) is 0 Å². The van der Waals surface area contributed by atoms with E-state index in [9.17, 15) is 5.11 Å². The molecule has 0 unspecified atom stereocenters. The maximum Gasteiger partial charge on any atom is 0.341 e. The number of aliphatic hydroxyl groups is 1. The van der Waals surface area contributed by atoms with Crippen LogP contribution in [-0.4, -0.2) is 29.8 Å². The molecule has 1 saturated carbocycles. The zero-order valence-corrected chi connectivity index (χ0v) is 9.43. The molecule has 5 N–H and O–H groups in total. The molecule has 0 aromatic carbocycles. The van der Waals surface area contributed by atoms with Crippen molar-refractivity contribution in [2.45, 2.75) is 32.2 Å². The Morgan fingerprint density at radius 2 is 2.47 bits per heavy atom. The second-order valence-electron chi connectivity index (χ2n) is 4.85. The average Bonchev–Trinajstić information content (AvgIpc) is 2.53. The summed E-state index contributed by atoms with van der Waals surface area (Å²) in [6, 6.07) is 0. The van der Waals surface area contributed by atoms with E-state index in [1.165, 1.54) is 5.57 Å². The Morgan fingerprint density at radius 1 is 1.73 bits per heavy atom. The Morgan fingerprint density at radius 3 is 3.13 bits per heavy atom. The number of hydrogen-bond donors (Lipinski definition) is 4. The summed E-state index contributed by atoms with van der Waals surface area (Å²) in [5.41, 5.74) is 8.34. The Balaban J connectivity index is 2.31. The molecule has 84 valence electrons. The maximum absolute atomic E-state index is 9.19. The number of aliphatic hydroxyl groups excluding tert-OH is 1. The minimum atomic E-state index is 0.0705. The third-order valence-electron chi connectivity index (χ3n) is 3.81. The average molecular weight is 210 g/mol. The molecule has 0 spiro atoms. The van der Waals surface area contributed by atoms with Gasteiger partial charge in [0.1, 0.15) is 0 Å². The van der Waals surface area contributed by atoms with E-state index in [4.69, 9.17) is 5.73 Å². The Labute approximate surface area is 90.3 Å². The topological polar surface area (TPSA) is 72.2 Å². The third kappa shape index (κ3) is 1.63. The van der Waals surface area contributed by atoms with Crippen LogP contribution >= 0.6 is 0 Å². The van der Waals surface area contributed by atoms with Crippen molar-refractivity contribution in [3.63, 3.8) is 0 Å². The number of nitrogens with one attached hydrogen (secondary N) is 2. The van der Waals surface area contributed by atoms with Crippen LogP contribution in [-0.2, 0) is 0 Å².